The van der Waals surface area contributed by atoms with E-state index in [1.165, 1.54) is 47.4 Å². The number of hydrogen-bond donors (Lipinski definition) is 6. The van der Waals surface area contributed by atoms with Crippen molar-refractivity contribution >= 4 is 45.0 Å². The van der Waals surface area contributed by atoms with Crippen molar-refractivity contribution in [2.75, 3.05) is 28.5 Å². The van der Waals surface area contributed by atoms with Gasteiger partial charge < -0.3 is 27.0 Å². The molecule has 3 aromatic heterocycles. The predicted octanol–water partition coefficient (Wildman–Crippen LogP) is 3.19. The fraction of sp³-hybridized carbons (Fsp3) is 0.250. The Hall–Kier alpha value is -6.05. The number of hydrogen-bond acceptors (Lipinski definition) is 14. The van der Waals surface area contributed by atoms with Crippen LogP contribution in [0.1, 0.15) is 30.8 Å². The molecule has 1 aliphatic heterocycles. The lowest BCUT2D eigenvalue weighted by Gasteiger charge is -2.14. The number of nitrogens with one attached hydrogen (secondary N) is 2. The topological polar surface area (TPSA) is 309 Å². The quantitative estimate of drug-likeness (QED) is 0.0573. The number of nitrogen functional groups attached to an aromatic ring is 3. The van der Waals surface area contributed by atoms with Crippen molar-refractivity contribution in [2.45, 2.75) is 50.0 Å². The van der Waals surface area contributed by atoms with Crippen molar-refractivity contribution in [3.05, 3.63) is 121 Å². The molecule has 0 saturated carbocycles. The van der Waals surface area contributed by atoms with Crippen LogP contribution in [0.25, 0.3) is 21.6 Å². The number of aromatic amines is 1. The van der Waals surface area contributed by atoms with Crippen LogP contribution in [-0.2, 0) is 21.2 Å². The largest absolute Gasteiger partial charge is 0.399 e. The Bertz CT molecular complexity index is 2290. The van der Waals surface area contributed by atoms with E-state index in [2.05, 4.69) is 39.7 Å². The number of sulfonamides is 1. The minimum atomic E-state index is -3.66. The van der Waals surface area contributed by atoms with Crippen LogP contribution in [0, 0.1) is 6.92 Å². The van der Waals surface area contributed by atoms with Gasteiger partial charge in [-0.15, -0.1) is 0 Å². The third kappa shape index (κ3) is 10.5. The van der Waals surface area contributed by atoms with Crippen molar-refractivity contribution in [1.82, 2.24) is 29.5 Å². The number of ether oxygens (including phenoxy) is 1. The molecule has 9 N–H and O–H groups in total. The Labute approximate surface area is 307 Å². The van der Waals surface area contributed by atoms with Crippen LogP contribution in [0.4, 0.5) is 23.4 Å². The summed E-state index contributed by atoms with van der Waals surface area (Å²) in [5.41, 5.74) is 27.8. The van der Waals surface area contributed by atoms with E-state index in [0.29, 0.717) is 22.1 Å². The number of halogens is 1. The lowest BCUT2D eigenvalue weighted by molar-refractivity contribution is -0.0271. The summed E-state index contributed by atoms with van der Waals surface area (Å²) in [4.78, 5) is 43.7. The van der Waals surface area contributed by atoms with Crippen molar-refractivity contribution < 1.29 is 18.3 Å². The molecule has 0 bridgehead atoms. The van der Waals surface area contributed by atoms with Gasteiger partial charge in [-0.25, -0.2) is 32.9 Å². The number of H-pyrrole nitrogens is 1. The fourth-order valence-electron chi connectivity index (χ4n) is 4.95. The van der Waals surface area contributed by atoms with Gasteiger partial charge in [-0.3, -0.25) is 14.3 Å². The highest BCUT2D eigenvalue weighted by Crippen LogP contribution is 2.30. The minimum Gasteiger partial charge on any atom is -0.399 e. The van der Waals surface area contributed by atoms with Crippen LogP contribution in [-0.4, -0.2) is 61.8 Å². The van der Waals surface area contributed by atoms with Gasteiger partial charge in [-0.1, -0.05) is 35.8 Å². The number of rotatable bonds is 8. The van der Waals surface area contributed by atoms with E-state index in [0.717, 1.165) is 23.2 Å². The van der Waals surface area contributed by atoms with Crippen molar-refractivity contribution in [3.63, 3.8) is 0 Å². The maximum atomic E-state index is 11.9. The second-order valence-electron chi connectivity index (χ2n) is 11.2. The van der Waals surface area contributed by atoms with E-state index in [1.807, 2.05) is 31.2 Å². The first-order valence-corrected chi connectivity index (χ1v) is 17.6. The summed E-state index contributed by atoms with van der Waals surface area (Å²) >= 11 is 5.86. The summed E-state index contributed by atoms with van der Waals surface area (Å²) in [6.07, 6.45) is 3.98. The first-order chi connectivity index (χ1) is 25.3. The normalized spacial score (nSPS) is 16.3. The Balaban J connectivity index is 0.000000178. The third-order valence-corrected chi connectivity index (χ3v) is 9.12. The molecular formula is C32H36ClN13O6S. The molecule has 0 radical (unpaired) electrons. The molecule has 6 rings (SSSR count). The highest BCUT2D eigenvalue weighted by atomic mass is 35.5. The third-order valence-electron chi connectivity index (χ3n) is 7.52. The molecule has 1 saturated heterocycles. The minimum absolute atomic E-state index is 0.0318. The Kier molecular flexibility index (Phi) is 13.4. The highest BCUT2D eigenvalue weighted by Gasteiger charge is 2.35. The van der Waals surface area contributed by atoms with Gasteiger partial charge in [0.1, 0.15) is 12.0 Å². The zero-order chi connectivity index (χ0) is 38.7. The fourth-order valence-corrected chi connectivity index (χ4v) is 6.03. The van der Waals surface area contributed by atoms with E-state index in [1.54, 1.807) is 13.0 Å². The lowest BCUT2D eigenvalue weighted by Crippen LogP contribution is -2.33. The Morgan fingerprint density at radius 1 is 1.09 bits per heavy atom. The monoisotopic (exact) mass is 765 g/mol. The molecule has 53 heavy (non-hydrogen) atoms. The van der Waals surface area contributed by atoms with Crippen molar-refractivity contribution in [3.8, 4) is 11.1 Å². The summed E-state index contributed by atoms with van der Waals surface area (Å²) in [5, 5.41) is 13.4. The molecule has 21 heteroatoms. The molecule has 0 aliphatic carbocycles. The number of nitrogens with zero attached hydrogens (tertiary/aromatic N) is 8. The first kappa shape index (κ1) is 39.7. The van der Waals surface area contributed by atoms with Crippen LogP contribution in [0.15, 0.2) is 92.8 Å². The van der Waals surface area contributed by atoms with Gasteiger partial charge in [0.25, 0.3) is 15.6 Å². The van der Waals surface area contributed by atoms with Gasteiger partial charge in [0.15, 0.2) is 0 Å². The Morgan fingerprint density at radius 2 is 1.75 bits per heavy atom. The second-order valence-corrected chi connectivity index (χ2v) is 13.3. The van der Waals surface area contributed by atoms with Crippen LogP contribution in [0.3, 0.4) is 0 Å². The lowest BCUT2D eigenvalue weighted by atomic mass is 10.0. The number of benzene rings is 2. The molecule has 5 aromatic rings. The summed E-state index contributed by atoms with van der Waals surface area (Å²) in [6.45, 7) is 3.26. The molecule has 3 atom stereocenters. The number of aromatic nitrogens is 6. The number of anilines is 4. The SMILES string of the molecule is CCc1nc(N)nc(N)c1-c1ccc(Cl)cc1.Cc1cn([C@H]2C[C@H](N=[N+]=[N-])[C@@H](CO)O2)c(=O)[nH]c1=O.Nc1ccc(S(=O)(=O)Nc2ncccn2)cc1. The molecule has 1 fully saturated rings. The number of aliphatic hydroxyl groups is 1. The molecule has 4 heterocycles. The van der Waals surface area contributed by atoms with E-state index < -0.39 is 39.6 Å². The van der Waals surface area contributed by atoms with Gasteiger partial charge in [0.2, 0.25) is 11.9 Å². The van der Waals surface area contributed by atoms with Gasteiger partial charge in [-0.2, -0.15) is 4.98 Å². The Morgan fingerprint density at radius 3 is 2.36 bits per heavy atom. The van der Waals surface area contributed by atoms with E-state index in [4.69, 9.17) is 44.2 Å². The molecule has 2 aromatic carbocycles. The summed E-state index contributed by atoms with van der Waals surface area (Å²) in [5.74, 6) is 0.637. The van der Waals surface area contributed by atoms with E-state index in [9.17, 15) is 18.0 Å². The predicted molar refractivity (Wildman–Crippen MR) is 199 cm³/mol. The van der Waals surface area contributed by atoms with Crippen LogP contribution < -0.4 is 33.2 Å². The molecule has 0 amide bonds. The van der Waals surface area contributed by atoms with Crippen LogP contribution >= 0.6 is 11.6 Å². The van der Waals surface area contributed by atoms with E-state index in [-0.39, 0.29) is 29.8 Å². The maximum absolute atomic E-state index is 11.9. The summed E-state index contributed by atoms with van der Waals surface area (Å²) < 4.78 is 32.7. The maximum Gasteiger partial charge on any atom is 0.330 e. The molecule has 0 unspecified atom stereocenters. The van der Waals surface area contributed by atoms with Gasteiger partial charge in [0, 0.05) is 51.8 Å². The van der Waals surface area contributed by atoms with Crippen molar-refractivity contribution in [2.24, 2.45) is 5.11 Å². The van der Waals surface area contributed by atoms with Crippen molar-refractivity contribution in [1.29, 1.82) is 0 Å². The number of aryl methyl sites for hydroxylation is 2. The zero-order valence-electron chi connectivity index (χ0n) is 28.4. The van der Waals surface area contributed by atoms with Crippen LogP contribution in [0.2, 0.25) is 5.02 Å². The number of aliphatic hydroxyl groups excluding tert-OH is 1. The molecular weight excluding hydrogens is 730 g/mol. The van der Waals surface area contributed by atoms with Gasteiger partial charge >= 0.3 is 5.69 Å². The van der Waals surface area contributed by atoms with Gasteiger partial charge in [-0.05, 0) is 66.9 Å². The molecule has 1 aliphatic rings. The smallest absolute Gasteiger partial charge is 0.330 e. The zero-order valence-corrected chi connectivity index (χ0v) is 29.9. The second kappa shape index (κ2) is 17.9. The highest BCUT2D eigenvalue weighted by molar-refractivity contribution is 7.92. The van der Waals surface area contributed by atoms with Gasteiger partial charge in [0.05, 0.1) is 29.3 Å². The first-order valence-electron chi connectivity index (χ1n) is 15.7. The van der Waals surface area contributed by atoms with Crippen LogP contribution in [0.5, 0.6) is 0 Å². The standard InChI is InChI=1S/C12H13ClN4.C10H13N5O4.C10H10N4O2S/c1-2-9-10(11(14)17-12(15)16-9)7-3-5-8(13)6-4-7;1-5-3-15(10(18)12-9(5)17)8-2-6(13-14-11)7(4-16)19-8;11-8-2-4-9(5-3-8)17(15,16)14-10-12-6-1-7-13-10/h3-6H,2H2,1H3,(H4,14,15,16,17);3,6-8,16H,2,4H2,1H3,(H,12,17,18);1-7H,11H2,(H,12,13,14)/t;6-,7+,8+;/m.0./s1. The average Bonchev–Trinajstić information content (AvgIpc) is 3.54. The summed E-state index contributed by atoms with van der Waals surface area (Å²) in [6, 6.07) is 14.3. The molecule has 0 spiro atoms. The average molecular weight is 766 g/mol. The summed E-state index contributed by atoms with van der Waals surface area (Å²) in [7, 11) is -3.66. The molecule has 19 nitrogen and oxygen atoms in total. The molecule has 278 valence electrons. The number of nitrogens with two attached hydrogens (primary N) is 3. The van der Waals surface area contributed by atoms with E-state index >= 15 is 0 Å². The number of azide groups is 1.